The molecule has 13 heteroatoms. The average molecular weight is 609 g/mol. The largest absolute Gasteiger partial charge is 0.393 e. The first-order chi connectivity index (χ1) is 20.2. The number of hydrogen-bond acceptors (Lipinski definition) is 7. The molecule has 1 saturated heterocycles. The number of allylic oxidation sites excluding steroid dienone is 1. The lowest BCUT2D eigenvalue weighted by Crippen LogP contribution is -2.59. The maximum atomic E-state index is 10.3. The van der Waals surface area contributed by atoms with Crippen molar-refractivity contribution in [2.24, 2.45) is 46.3 Å². The highest BCUT2D eigenvalue weighted by molar-refractivity contribution is 5.25. The van der Waals surface area contributed by atoms with Gasteiger partial charge in [-0.15, -0.1) is 0 Å². The van der Waals surface area contributed by atoms with Crippen molar-refractivity contribution in [1.82, 2.24) is 15.0 Å². The van der Waals surface area contributed by atoms with E-state index in [0.29, 0.717) is 25.9 Å². The van der Waals surface area contributed by atoms with Crippen LogP contribution in [0.25, 0.3) is 0 Å². The van der Waals surface area contributed by atoms with Crippen LogP contribution in [0.2, 0.25) is 0 Å². The van der Waals surface area contributed by atoms with Gasteiger partial charge in [0.2, 0.25) is 20.0 Å². The van der Waals surface area contributed by atoms with Crippen molar-refractivity contribution in [3.05, 3.63) is 42.0 Å². The van der Waals surface area contributed by atoms with Crippen LogP contribution in [0.15, 0.2) is 11.6 Å². The van der Waals surface area contributed by atoms with Gasteiger partial charge in [0.05, 0.1) is 6.10 Å². The predicted molar refractivity (Wildman–Crippen MR) is 160 cm³/mol. The molecule has 0 unspecified atom stereocenters. The van der Waals surface area contributed by atoms with Crippen LogP contribution in [0.5, 0.6) is 0 Å². The van der Waals surface area contributed by atoms with Crippen LogP contribution in [-0.4, -0.2) is 61.3 Å². The van der Waals surface area contributed by atoms with Crippen LogP contribution >= 0.6 is 0 Å². The number of aliphatic hydroxyl groups is 1. The van der Waals surface area contributed by atoms with Gasteiger partial charge in [-0.25, -0.2) is 30.3 Å². The van der Waals surface area contributed by atoms with Crippen molar-refractivity contribution in [2.75, 3.05) is 20.0 Å². The Kier molecular flexibility index (Phi) is 10.1. The summed E-state index contributed by atoms with van der Waals surface area (Å²) in [6, 6.07) is 0. The quantitative estimate of drug-likeness (QED) is 0.204. The molecule has 5 aliphatic rings. The van der Waals surface area contributed by atoms with Crippen LogP contribution in [0.4, 0.5) is 0 Å². The fourth-order valence-electron chi connectivity index (χ4n) is 9.68. The van der Waals surface area contributed by atoms with E-state index in [0.717, 1.165) is 48.3 Å². The number of hydrazine groups is 3. The van der Waals surface area contributed by atoms with Crippen LogP contribution in [0.1, 0.15) is 105 Å². The summed E-state index contributed by atoms with van der Waals surface area (Å²) in [4.78, 5) is 31.0. The first-order valence-corrected chi connectivity index (χ1v) is 16.2. The maximum Gasteiger partial charge on any atom is 0.212 e. The smallest absolute Gasteiger partial charge is 0.212 e. The summed E-state index contributed by atoms with van der Waals surface area (Å²) >= 11 is 0. The van der Waals surface area contributed by atoms with Crippen LogP contribution < -0.4 is 0 Å². The topological polar surface area (TPSA) is 159 Å². The summed E-state index contributed by atoms with van der Waals surface area (Å²) in [5.74, 6) is 5.46. The number of nitrogens with zero attached hydrogens (tertiary/aromatic N) is 6. The van der Waals surface area contributed by atoms with Gasteiger partial charge in [0.1, 0.15) is 0 Å². The predicted octanol–water partition coefficient (Wildman–Crippen LogP) is 5.74. The van der Waals surface area contributed by atoms with Gasteiger partial charge >= 0.3 is 0 Å². The number of rotatable bonds is 8. The van der Waals surface area contributed by atoms with E-state index in [1.165, 1.54) is 57.8 Å². The van der Waals surface area contributed by atoms with Gasteiger partial charge in [0, 0.05) is 0 Å². The second-order valence-electron chi connectivity index (χ2n) is 14.8. The van der Waals surface area contributed by atoms with Gasteiger partial charge in [-0.2, -0.15) is 0 Å². The van der Waals surface area contributed by atoms with Crippen molar-refractivity contribution < 1.29 is 20.2 Å². The summed E-state index contributed by atoms with van der Waals surface area (Å²) in [6.07, 6.45) is 17.2. The van der Waals surface area contributed by atoms with Crippen LogP contribution in [-0.2, 0) is 0 Å². The third-order valence-corrected chi connectivity index (χ3v) is 12.0. The molecule has 4 fully saturated rings. The fourth-order valence-corrected chi connectivity index (χ4v) is 9.68. The Morgan fingerprint density at radius 2 is 1.44 bits per heavy atom. The average Bonchev–Trinajstić information content (AvgIpc) is 3.30. The molecule has 0 amide bonds. The highest BCUT2D eigenvalue weighted by Crippen LogP contribution is 2.67. The monoisotopic (exact) mass is 608 g/mol. The highest BCUT2D eigenvalue weighted by Gasteiger charge is 2.59. The Labute approximate surface area is 255 Å². The Morgan fingerprint density at radius 3 is 1.98 bits per heavy atom. The molecule has 1 heterocycles. The molecule has 244 valence electrons. The second kappa shape index (κ2) is 13.1. The van der Waals surface area contributed by atoms with E-state index in [1.807, 2.05) is 0 Å². The Morgan fingerprint density at radius 1 is 0.860 bits per heavy atom. The van der Waals surface area contributed by atoms with Crippen molar-refractivity contribution in [2.45, 2.75) is 111 Å². The molecular formula is C30H52N6O7. The summed E-state index contributed by atoms with van der Waals surface area (Å²) in [7, 11) is 0. The molecule has 0 spiro atoms. The summed E-state index contributed by atoms with van der Waals surface area (Å²) < 4.78 is 0. The summed E-state index contributed by atoms with van der Waals surface area (Å²) in [5, 5.41) is 39.5. The minimum atomic E-state index is -0.924. The first kappa shape index (κ1) is 33.2. The molecule has 0 aromatic carbocycles. The first-order valence-electron chi connectivity index (χ1n) is 16.2. The number of fused-ring (bicyclic) bond motifs is 5. The molecule has 1 aliphatic heterocycles. The Balaban J connectivity index is 0.000000239. The maximum absolute atomic E-state index is 10.3. The van der Waals surface area contributed by atoms with E-state index in [9.17, 15) is 35.4 Å². The van der Waals surface area contributed by atoms with Crippen molar-refractivity contribution in [1.29, 1.82) is 0 Å². The SMILES string of the molecule is CC(C)CCC[C@@H](C)[C@H]1CC[C@H]2[C@@H]3CC=C4C[C@@H](O)CC[C@]4(C)[C@H]3CC[C@]12C.O=[N+]([O-])N1CN([N+](=O)[O-])CN([N+](=O)[O-])C1. The fraction of sp³-hybridized carbons (Fsp3) is 0.933. The molecule has 0 bridgehead atoms. The van der Waals surface area contributed by atoms with E-state index < -0.39 is 35.1 Å². The highest BCUT2D eigenvalue weighted by atomic mass is 16.7. The molecule has 3 saturated carbocycles. The van der Waals surface area contributed by atoms with Crippen LogP contribution in [0, 0.1) is 76.7 Å². The van der Waals surface area contributed by atoms with E-state index in [2.05, 4.69) is 40.7 Å². The minimum Gasteiger partial charge on any atom is -0.393 e. The number of hydrogen-bond donors (Lipinski definition) is 1. The van der Waals surface area contributed by atoms with Crippen LogP contribution in [0.3, 0.4) is 0 Å². The lowest BCUT2D eigenvalue weighted by molar-refractivity contribution is -0.775. The lowest BCUT2D eigenvalue weighted by atomic mass is 9.47. The minimum absolute atomic E-state index is 0.0766. The number of aliphatic hydroxyl groups excluding tert-OH is 1. The lowest BCUT2D eigenvalue weighted by Gasteiger charge is -2.58. The van der Waals surface area contributed by atoms with Gasteiger partial charge < -0.3 is 5.11 Å². The van der Waals surface area contributed by atoms with Gasteiger partial charge in [-0.05, 0) is 97.7 Å². The Hall–Kier alpha value is -2.70. The number of nitro groups is 3. The van der Waals surface area contributed by atoms with E-state index >= 15 is 0 Å². The molecule has 0 radical (unpaired) electrons. The molecule has 43 heavy (non-hydrogen) atoms. The molecule has 0 aromatic rings. The zero-order valence-electron chi connectivity index (χ0n) is 26.6. The summed E-state index contributed by atoms with van der Waals surface area (Å²) in [5.41, 5.74) is 2.60. The normalized spacial score (nSPS) is 36.0. The van der Waals surface area contributed by atoms with Gasteiger partial charge in [0.25, 0.3) is 0 Å². The third kappa shape index (κ3) is 6.86. The van der Waals surface area contributed by atoms with Gasteiger partial charge in [0.15, 0.2) is 15.1 Å². The zero-order chi connectivity index (χ0) is 31.7. The standard InChI is InChI=1S/C27H46O.C3H6N6O6/c1-18(2)7-6-8-19(3)23-11-12-24-22-10-9-20-17-21(28)13-15-26(20,4)25(22)14-16-27(23,24)5;10-7(11)4-1-5(8(12)13)3-6(2-4)9(14)15/h9,18-19,21-25,28H,6-8,10-17H2,1-5H3;1-3H2/t19-,21+,22+,23-,24+,25+,26+,27-;/m1./s1. The van der Waals surface area contributed by atoms with E-state index in [-0.39, 0.29) is 6.10 Å². The van der Waals surface area contributed by atoms with Crippen molar-refractivity contribution >= 4 is 0 Å². The molecule has 13 nitrogen and oxygen atoms in total. The third-order valence-electron chi connectivity index (χ3n) is 12.0. The van der Waals surface area contributed by atoms with E-state index in [4.69, 9.17) is 0 Å². The van der Waals surface area contributed by atoms with Gasteiger partial charge in [-0.3, -0.25) is 0 Å². The molecule has 4 aliphatic carbocycles. The molecular weight excluding hydrogens is 556 g/mol. The molecule has 0 aromatic heterocycles. The summed E-state index contributed by atoms with van der Waals surface area (Å²) in [6.45, 7) is 10.8. The molecule has 1 N–H and O–H groups in total. The van der Waals surface area contributed by atoms with E-state index in [1.54, 1.807) is 5.57 Å². The molecule has 8 atom stereocenters. The second-order valence-corrected chi connectivity index (χ2v) is 14.8. The van der Waals surface area contributed by atoms with Crippen molar-refractivity contribution in [3.63, 3.8) is 0 Å². The van der Waals surface area contributed by atoms with Gasteiger partial charge in [-0.1, -0.05) is 80.6 Å². The molecule has 5 rings (SSSR count). The van der Waals surface area contributed by atoms with Crippen molar-refractivity contribution in [3.8, 4) is 0 Å². The zero-order valence-corrected chi connectivity index (χ0v) is 26.6. The Bertz CT molecular complexity index is 1020.